The molecule has 0 aromatic heterocycles. The zero-order valence-corrected chi connectivity index (χ0v) is 69.4. The first-order chi connectivity index (χ1) is 49.0. The third-order valence-electron chi connectivity index (χ3n) is 21.0. The minimum absolute atomic E-state index is 0. The van der Waals surface area contributed by atoms with Gasteiger partial charge in [-0.25, -0.2) is 0 Å². The second kappa shape index (κ2) is 85.3. The molecule has 100 heavy (non-hydrogen) atoms. The summed E-state index contributed by atoms with van der Waals surface area (Å²) in [4.78, 5) is 3.47. The summed E-state index contributed by atoms with van der Waals surface area (Å²) in [6, 6.07) is 18.3. The molecule has 2 aromatic rings. The fraction of sp³-hybridized carbons (Fsp3) is 0.794. The van der Waals surface area contributed by atoms with Crippen LogP contribution in [0.4, 0.5) is 0 Å². The average Bonchev–Trinajstić information content (AvgIpc) is 0.795. The first-order valence-corrected chi connectivity index (χ1v) is 44.9. The third kappa shape index (κ3) is 67.3. The summed E-state index contributed by atoms with van der Waals surface area (Å²) in [5, 5.41) is 0. The van der Waals surface area contributed by atoms with E-state index in [0.29, 0.717) is 0 Å². The van der Waals surface area contributed by atoms with E-state index >= 15 is 0 Å². The molecule has 2 aromatic carbocycles. The molecule has 0 aliphatic heterocycles. The maximum atomic E-state index is 9.73. The van der Waals surface area contributed by atoms with Gasteiger partial charge in [0.05, 0.1) is 5.57 Å². The standard InChI is InChI=1S/C49H74N2.2C24H49.Ni/c1-5-9-13-15-17-18-19-20-21-22-23-24-25-27-29-34-44-35-30-31-37-47(44)49(48(36-12-8-4)46(42-51-50)33-11-7-3)45-40-38-43(39-41-45)32-28-26-16-14-10-6-2;2*1-3-5-7-9-11-13-15-17-19-21-23-24-22-20-18-16-14-12-10-8-6-4-2;/h30-31,35,37-41H,5-24,26,28-29,32-34,36H2,1-4H3;2*1,3-24H2,2H3;/q;2*-1;+2. The van der Waals surface area contributed by atoms with Crippen molar-refractivity contribution >= 4 is 11.4 Å². The van der Waals surface area contributed by atoms with E-state index in [9.17, 15) is 5.53 Å². The normalized spacial score (nSPS) is 11.2. The predicted octanol–water partition coefficient (Wildman–Crippen LogP) is 34.1. The van der Waals surface area contributed by atoms with Crippen molar-refractivity contribution in [2.24, 2.45) is 0 Å². The Morgan fingerprint density at radius 3 is 0.930 bits per heavy atom. The van der Waals surface area contributed by atoms with Crippen molar-refractivity contribution < 1.29 is 21.3 Å². The van der Waals surface area contributed by atoms with E-state index in [4.69, 9.17) is 0 Å². The van der Waals surface area contributed by atoms with Crippen LogP contribution in [0, 0.1) is 25.7 Å². The number of aryl methyl sites for hydroxylation is 2. The van der Waals surface area contributed by atoms with Gasteiger partial charge < -0.3 is 19.4 Å². The molecule has 0 atom stereocenters. The van der Waals surface area contributed by atoms with Gasteiger partial charge in [0, 0.05) is 12.8 Å². The molecule has 580 valence electrons. The van der Waals surface area contributed by atoms with Crippen LogP contribution in [0.1, 0.15) is 507 Å². The number of rotatable bonds is 71. The van der Waals surface area contributed by atoms with E-state index in [2.05, 4.69) is 126 Å². The Morgan fingerprint density at radius 2 is 0.600 bits per heavy atom. The first-order valence-electron chi connectivity index (χ1n) is 44.9. The Balaban J connectivity index is 0. The molecule has 3 heteroatoms. The number of allylic oxidation sites excluding steroid dienone is 2. The number of unbranched alkanes of at least 4 members (excludes halogenated alkanes) is 60. The molecular weight excluding hydrogens is 1250 g/mol. The van der Waals surface area contributed by atoms with Crippen molar-refractivity contribution in [2.45, 2.75) is 497 Å². The molecule has 0 aliphatic carbocycles. The minimum atomic E-state index is 0. The number of benzene rings is 2. The average molecular weight is 1430 g/mol. The van der Waals surface area contributed by atoms with Gasteiger partial charge in [-0.3, -0.25) is 0 Å². The van der Waals surface area contributed by atoms with Gasteiger partial charge in [-0.15, -0.1) is 16.6 Å². The fourth-order valence-electron chi connectivity index (χ4n) is 14.4. The SMILES string of the molecule is CCCCCCCCCCCCCC#CCCc1ccccc1C(=C(CCCC)C(=C=[N+]=[N-])CCCC)c1ccc(CCCCCCCC)cc1.[CH2-]CCCCCCCCCCCCCCCCCCCCCCC.[CH2-]CCCCCCCCCCCCCCCCCCCCCCC.[Ni+2]. The largest absolute Gasteiger partial charge is 2.00 e. The number of hydrogen-bond donors (Lipinski definition) is 0. The molecule has 0 saturated heterocycles. The first kappa shape index (κ1) is 99.4. The van der Waals surface area contributed by atoms with Gasteiger partial charge in [-0.2, -0.15) is 12.8 Å². The second-order valence-corrected chi connectivity index (χ2v) is 30.6. The maximum absolute atomic E-state index is 9.73. The summed E-state index contributed by atoms with van der Waals surface area (Å²) >= 11 is 0. The van der Waals surface area contributed by atoms with Crippen molar-refractivity contribution in [3.05, 3.63) is 101 Å². The molecule has 0 bridgehead atoms. The zero-order chi connectivity index (χ0) is 71.7. The van der Waals surface area contributed by atoms with Gasteiger partial charge >= 0.3 is 22.4 Å². The van der Waals surface area contributed by atoms with Crippen LogP contribution in [-0.4, -0.2) is 10.7 Å². The van der Waals surface area contributed by atoms with Gasteiger partial charge in [-0.1, -0.05) is 469 Å². The Labute approximate surface area is 639 Å². The van der Waals surface area contributed by atoms with E-state index in [1.807, 2.05) is 0 Å². The summed E-state index contributed by atoms with van der Waals surface area (Å²) in [5.41, 5.74) is 18.6. The summed E-state index contributed by atoms with van der Waals surface area (Å²) < 4.78 is 0. The van der Waals surface area contributed by atoms with Crippen LogP contribution in [0.5, 0.6) is 0 Å². The Bertz CT molecular complexity index is 2020. The molecule has 0 spiro atoms. The zero-order valence-electron chi connectivity index (χ0n) is 68.4. The van der Waals surface area contributed by atoms with Crippen LogP contribution in [0.3, 0.4) is 0 Å². The summed E-state index contributed by atoms with van der Waals surface area (Å²) in [6.45, 7) is 21.5. The fourth-order valence-corrected chi connectivity index (χ4v) is 14.4. The van der Waals surface area contributed by atoms with Crippen LogP contribution in [0.25, 0.3) is 11.1 Å². The topological polar surface area (TPSA) is 36.4 Å². The summed E-state index contributed by atoms with van der Waals surface area (Å²) in [6.07, 6.45) is 96.7. The van der Waals surface area contributed by atoms with E-state index in [1.165, 1.54) is 412 Å². The van der Waals surface area contributed by atoms with Crippen molar-refractivity contribution in [3.63, 3.8) is 0 Å². The monoisotopic (exact) mass is 1420 g/mol. The molecule has 0 radical (unpaired) electrons. The second-order valence-electron chi connectivity index (χ2n) is 30.6. The van der Waals surface area contributed by atoms with Gasteiger partial charge in [0.25, 0.3) is 0 Å². The van der Waals surface area contributed by atoms with Crippen LogP contribution in [-0.2, 0) is 29.3 Å². The van der Waals surface area contributed by atoms with Gasteiger partial charge in [-0.05, 0) is 84.8 Å². The van der Waals surface area contributed by atoms with E-state index in [1.54, 1.807) is 0 Å². The molecule has 0 aliphatic rings. The maximum Gasteiger partial charge on any atom is 2.00 e. The van der Waals surface area contributed by atoms with E-state index in [-0.39, 0.29) is 16.5 Å². The predicted molar refractivity (Wildman–Crippen MR) is 450 cm³/mol. The molecule has 2 rings (SSSR count). The van der Waals surface area contributed by atoms with Crippen LogP contribution in [0.2, 0.25) is 0 Å². The van der Waals surface area contributed by atoms with Crippen LogP contribution >= 0.6 is 0 Å². The van der Waals surface area contributed by atoms with Crippen LogP contribution in [0.15, 0.2) is 59.7 Å². The van der Waals surface area contributed by atoms with Crippen LogP contribution < -0.4 is 0 Å². The number of nitrogens with zero attached hydrogens (tertiary/aromatic N) is 2. The molecule has 0 heterocycles. The molecule has 0 saturated carbocycles. The molecule has 0 N–H and O–H groups in total. The quantitative estimate of drug-likeness (QED) is 0.00925. The van der Waals surface area contributed by atoms with Gasteiger partial charge in [0.2, 0.25) is 0 Å². The molecule has 0 unspecified atom stereocenters. The minimum Gasteiger partial charge on any atom is -0.348 e. The summed E-state index contributed by atoms with van der Waals surface area (Å²) in [5.74, 6) is 10.1. The smallest absolute Gasteiger partial charge is 0.348 e. The van der Waals surface area contributed by atoms with Gasteiger partial charge in [0.1, 0.15) is 0 Å². The Morgan fingerprint density at radius 1 is 0.310 bits per heavy atom. The molecule has 0 amide bonds. The Hall–Kier alpha value is -2.61. The molecule has 2 nitrogen and oxygen atoms in total. The summed E-state index contributed by atoms with van der Waals surface area (Å²) in [7, 11) is 0. The molecule has 0 fully saturated rings. The van der Waals surface area contributed by atoms with Gasteiger partial charge in [0.15, 0.2) is 0 Å². The third-order valence-corrected chi connectivity index (χ3v) is 21.0. The van der Waals surface area contributed by atoms with Crippen molar-refractivity contribution in [3.8, 4) is 11.8 Å². The van der Waals surface area contributed by atoms with E-state index in [0.717, 1.165) is 82.6 Å². The van der Waals surface area contributed by atoms with Crippen molar-refractivity contribution in [2.75, 3.05) is 0 Å². The van der Waals surface area contributed by atoms with Crippen molar-refractivity contribution in [1.29, 1.82) is 0 Å². The molecular formula is C97H172N2Ni. The Kier molecular flexibility index (Phi) is 84.9. The number of hydrogen-bond acceptors (Lipinski definition) is 0. The van der Waals surface area contributed by atoms with Crippen molar-refractivity contribution in [1.82, 2.24) is 0 Å². The van der Waals surface area contributed by atoms with E-state index < -0.39 is 0 Å².